The van der Waals surface area contributed by atoms with Crippen LogP contribution in [0.25, 0.3) is 0 Å². The molecule has 7 heteroatoms. The highest BCUT2D eigenvalue weighted by atomic mass is 32.2. The topological polar surface area (TPSA) is 102 Å². The molecule has 6 nitrogen and oxygen atoms in total. The van der Waals surface area contributed by atoms with E-state index >= 15 is 0 Å². The van der Waals surface area contributed by atoms with Crippen molar-refractivity contribution >= 4 is 23.4 Å². The van der Waals surface area contributed by atoms with Gasteiger partial charge in [-0.1, -0.05) is 0 Å². The van der Waals surface area contributed by atoms with Crippen molar-refractivity contribution in [2.75, 3.05) is 5.73 Å². The van der Waals surface area contributed by atoms with E-state index in [4.69, 9.17) is 15.3 Å². The molecule has 3 N–H and O–H groups in total. The molecule has 0 aliphatic heterocycles. The summed E-state index contributed by atoms with van der Waals surface area (Å²) in [6, 6.07) is 1.36. The smallest absolute Gasteiger partial charge is 0.338 e. The molecule has 0 fully saturated rings. The average molecular weight is 265 g/mol. The number of oxazole rings is 1. The van der Waals surface area contributed by atoms with E-state index in [1.54, 1.807) is 6.92 Å². The van der Waals surface area contributed by atoms with E-state index < -0.39 is 5.97 Å². The molecule has 0 radical (unpaired) electrons. The zero-order valence-electron chi connectivity index (χ0n) is 9.80. The molecule has 0 bridgehead atoms. The molecular formula is C11H11N3O3S. The summed E-state index contributed by atoms with van der Waals surface area (Å²) in [7, 11) is 0. The number of anilines is 1. The van der Waals surface area contributed by atoms with Gasteiger partial charge in [0.1, 0.15) is 10.8 Å². The Hall–Kier alpha value is -2.02. The number of aromatic carboxylic acids is 1. The number of carbonyl (C=O) groups is 1. The molecule has 0 atom stereocenters. The first kappa shape index (κ1) is 12.4. The number of hydrogen-bond acceptors (Lipinski definition) is 6. The third kappa shape index (κ3) is 2.45. The summed E-state index contributed by atoms with van der Waals surface area (Å²) in [5.41, 5.74) is 6.62. The lowest BCUT2D eigenvalue weighted by Crippen LogP contribution is -2.02. The highest BCUT2D eigenvalue weighted by Crippen LogP contribution is 2.30. The van der Waals surface area contributed by atoms with Crippen molar-refractivity contribution in [1.82, 2.24) is 9.97 Å². The van der Waals surface area contributed by atoms with Crippen molar-refractivity contribution in [2.45, 2.75) is 24.1 Å². The van der Waals surface area contributed by atoms with Gasteiger partial charge in [0.05, 0.1) is 23.1 Å². The molecule has 0 unspecified atom stereocenters. The number of carboxylic acids is 1. The summed E-state index contributed by atoms with van der Waals surface area (Å²) in [5.74, 6) is -0.387. The third-order valence-electron chi connectivity index (χ3n) is 2.30. The van der Waals surface area contributed by atoms with Gasteiger partial charge in [-0.3, -0.25) is 0 Å². The van der Waals surface area contributed by atoms with Crippen molar-refractivity contribution in [3.8, 4) is 0 Å². The van der Waals surface area contributed by atoms with Gasteiger partial charge in [0.25, 0.3) is 5.22 Å². The molecule has 94 valence electrons. The molecular weight excluding hydrogens is 254 g/mol. The van der Waals surface area contributed by atoms with Crippen LogP contribution in [0.15, 0.2) is 26.9 Å². The van der Waals surface area contributed by atoms with Gasteiger partial charge in [0, 0.05) is 0 Å². The van der Waals surface area contributed by atoms with Crippen LogP contribution in [-0.4, -0.2) is 21.0 Å². The maximum atomic E-state index is 11.1. The molecule has 0 saturated carbocycles. The number of nitrogens with zero attached hydrogens (tertiary/aromatic N) is 2. The molecule has 2 aromatic heterocycles. The minimum Gasteiger partial charge on any atom is -0.478 e. The van der Waals surface area contributed by atoms with Gasteiger partial charge < -0.3 is 15.3 Å². The summed E-state index contributed by atoms with van der Waals surface area (Å²) in [4.78, 5) is 19.2. The Kier molecular flexibility index (Phi) is 3.24. The van der Waals surface area contributed by atoms with Crippen LogP contribution in [0, 0.1) is 13.8 Å². The maximum absolute atomic E-state index is 11.1. The SMILES string of the molecule is Cc1nc(Sc2ncc(N)cc2C(=O)O)oc1C. The van der Waals surface area contributed by atoms with Crippen LogP contribution in [0.2, 0.25) is 0 Å². The highest BCUT2D eigenvalue weighted by molar-refractivity contribution is 7.99. The predicted molar refractivity (Wildman–Crippen MR) is 65.7 cm³/mol. The van der Waals surface area contributed by atoms with E-state index in [2.05, 4.69) is 9.97 Å². The van der Waals surface area contributed by atoms with Crippen LogP contribution in [0.3, 0.4) is 0 Å². The molecule has 0 aromatic carbocycles. The molecule has 2 aromatic rings. The van der Waals surface area contributed by atoms with Crippen molar-refractivity contribution in [2.24, 2.45) is 0 Å². The second kappa shape index (κ2) is 4.69. The molecule has 18 heavy (non-hydrogen) atoms. The fourth-order valence-electron chi connectivity index (χ4n) is 1.27. The Labute approximate surface area is 107 Å². The maximum Gasteiger partial charge on any atom is 0.338 e. The fourth-order valence-corrected chi connectivity index (χ4v) is 2.15. The molecule has 0 aliphatic rings. The van der Waals surface area contributed by atoms with E-state index in [9.17, 15) is 4.79 Å². The van der Waals surface area contributed by atoms with Crippen LogP contribution in [0.4, 0.5) is 5.69 Å². The van der Waals surface area contributed by atoms with Crippen LogP contribution in [-0.2, 0) is 0 Å². The van der Waals surface area contributed by atoms with Crippen molar-refractivity contribution in [1.29, 1.82) is 0 Å². The molecule has 2 heterocycles. The highest BCUT2D eigenvalue weighted by Gasteiger charge is 2.16. The average Bonchev–Trinajstić information content (AvgIpc) is 2.60. The van der Waals surface area contributed by atoms with Gasteiger partial charge in [-0.05, 0) is 31.7 Å². The summed E-state index contributed by atoms with van der Waals surface area (Å²) >= 11 is 1.06. The van der Waals surface area contributed by atoms with E-state index in [1.807, 2.05) is 6.92 Å². The van der Waals surface area contributed by atoms with E-state index in [1.165, 1.54) is 12.3 Å². The van der Waals surface area contributed by atoms with Gasteiger partial charge in [-0.15, -0.1) is 0 Å². The number of pyridine rings is 1. The number of rotatable bonds is 3. The minimum absolute atomic E-state index is 0.0357. The van der Waals surface area contributed by atoms with E-state index in [0.717, 1.165) is 17.5 Å². The summed E-state index contributed by atoms with van der Waals surface area (Å²) in [5, 5.41) is 9.74. The van der Waals surface area contributed by atoms with Crippen molar-refractivity contribution in [3.05, 3.63) is 29.3 Å². The molecule has 0 saturated heterocycles. The molecule has 0 aliphatic carbocycles. The Bertz CT molecular complexity index is 590. The van der Waals surface area contributed by atoms with E-state index in [0.29, 0.717) is 21.7 Å². The summed E-state index contributed by atoms with van der Waals surface area (Å²) < 4.78 is 5.37. The summed E-state index contributed by atoms with van der Waals surface area (Å²) in [6.07, 6.45) is 1.40. The van der Waals surface area contributed by atoms with Crippen molar-refractivity contribution in [3.63, 3.8) is 0 Å². The van der Waals surface area contributed by atoms with Gasteiger partial charge in [0.15, 0.2) is 0 Å². The predicted octanol–water partition coefficient (Wildman–Crippen LogP) is 2.12. The Morgan fingerprint density at radius 1 is 1.50 bits per heavy atom. The number of nitrogens with two attached hydrogens (primary N) is 1. The van der Waals surface area contributed by atoms with E-state index in [-0.39, 0.29) is 5.56 Å². The first-order chi connectivity index (χ1) is 8.47. The van der Waals surface area contributed by atoms with Gasteiger partial charge in [-0.2, -0.15) is 0 Å². The van der Waals surface area contributed by atoms with Crippen LogP contribution in [0.5, 0.6) is 0 Å². The lowest BCUT2D eigenvalue weighted by atomic mass is 10.3. The monoisotopic (exact) mass is 265 g/mol. The zero-order chi connectivity index (χ0) is 13.3. The Balaban J connectivity index is 2.36. The Morgan fingerprint density at radius 2 is 2.22 bits per heavy atom. The molecule has 0 amide bonds. The number of hydrogen-bond donors (Lipinski definition) is 2. The number of aryl methyl sites for hydroxylation is 2. The number of carboxylic acid groups (broad SMARTS) is 1. The molecule has 2 rings (SSSR count). The van der Waals surface area contributed by atoms with Gasteiger partial charge in [0.2, 0.25) is 0 Å². The first-order valence-electron chi connectivity index (χ1n) is 5.08. The lowest BCUT2D eigenvalue weighted by molar-refractivity contribution is 0.0692. The van der Waals surface area contributed by atoms with Crippen molar-refractivity contribution < 1.29 is 14.3 Å². The van der Waals surface area contributed by atoms with Gasteiger partial charge in [-0.25, -0.2) is 14.8 Å². The Morgan fingerprint density at radius 3 is 2.78 bits per heavy atom. The second-order valence-electron chi connectivity index (χ2n) is 3.65. The fraction of sp³-hybridized carbons (Fsp3) is 0.182. The van der Waals surface area contributed by atoms with Gasteiger partial charge >= 0.3 is 5.97 Å². The second-order valence-corrected chi connectivity index (χ2v) is 4.59. The summed E-state index contributed by atoms with van der Waals surface area (Å²) in [6.45, 7) is 3.61. The minimum atomic E-state index is -1.09. The largest absolute Gasteiger partial charge is 0.478 e. The number of nitrogen functional groups attached to an aromatic ring is 1. The molecule has 0 spiro atoms. The quantitative estimate of drug-likeness (QED) is 0.876. The third-order valence-corrected chi connectivity index (χ3v) is 3.16. The zero-order valence-corrected chi connectivity index (χ0v) is 10.6. The normalized spacial score (nSPS) is 10.6. The lowest BCUT2D eigenvalue weighted by Gasteiger charge is -2.02. The first-order valence-corrected chi connectivity index (χ1v) is 5.89. The van der Waals surface area contributed by atoms with Crippen LogP contribution in [0.1, 0.15) is 21.8 Å². The van der Waals surface area contributed by atoms with Crippen LogP contribution < -0.4 is 5.73 Å². The standard InChI is InChI=1S/C11H11N3O3S/c1-5-6(2)17-11(14-5)18-9-8(10(15)16)3-7(12)4-13-9/h3-4H,12H2,1-2H3,(H,15,16). The van der Waals surface area contributed by atoms with Crippen LogP contribution >= 0.6 is 11.8 Å². The number of aromatic nitrogens is 2.